The predicted octanol–water partition coefficient (Wildman–Crippen LogP) is 1.08. The second-order valence-corrected chi connectivity index (χ2v) is 4.97. The number of aromatic nitrogens is 2. The molecular formula is C11H16BrN3O2. The lowest BCUT2D eigenvalue weighted by atomic mass is 10.0. The first-order chi connectivity index (χ1) is 8.24. The molecule has 0 radical (unpaired) electrons. The summed E-state index contributed by atoms with van der Waals surface area (Å²) in [4.78, 5) is 12.3. The van der Waals surface area contributed by atoms with Gasteiger partial charge < -0.3 is 10.1 Å². The molecule has 0 bridgehead atoms. The van der Waals surface area contributed by atoms with Crippen LogP contribution < -0.4 is 5.32 Å². The quantitative estimate of drug-likeness (QED) is 0.827. The van der Waals surface area contributed by atoms with Crippen molar-refractivity contribution in [2.45, 2.75) is 13.0 Å². The Morgan fingerprint density at radius 1 is 1.76 bits per heavy atom. The topological polar surface area (TPSA) is 56.2 Å². The Morgan fingerprint density at radius 2 is 2.59 bits per heavy atom. The Morgan fingerprint density at radius 3 is 3.24 bits per heavy atom. The number of hydrogen-bond donors (Lipinski definition) is 1. The summed E-state index contributed by atoms with van der Waals surface area (Å²) in [5, 5.41) is 7.40. The zero-order chi connectivity index (χ0) is 12.3. The molecule has 5 nitrogen and oxygen atoms in total. The van der Waals surface area contributed by atoms with Crippen LogP contribution in [-0.4, -0.2) is 42.4 Å². The van der Waals surface area contributed by atoms with E-state index in [0.717, 1.165) is 24.0 Å². The molecule has 2 heterocycles. The van der Waals surface area contributed by atoms with Gasteiger partial charge in [-0.05, 0) is 28.9 Å². The molecule has 1 aromatic heterocycles. The van der Waals surface area contributed by atoms with Crippen molar-refractivity contribution in [1.29, 1.82) is 0 Å². The Kier molecular flexibility index (Phi) is 4.31. The monoisotopic (exact) mass is 301 g/mol. The van der Waals surface area contributed by atoms with Gasteiger partial charge in [0.15, 0.2) is 5.78 Å². The summed E-state index contributed by atoms with van der Waals surface area (Å²) in [6.45, 7) is 2.83. The number of carbonyl (C=O) groups excluding carboxylic acids is 1. The van der Waals surface area contributed by atoms with E-state index in [1.54, 1.807) is 18.0 Å². The highest BCUT2D eigenvalue weighted by molar-refractivity contribution is 9.10. The lowest BCUT2D eigenvalue weighted by Crippen LogP contribution is -2.22. The second kappa shape index (κ2) is 5.75. The minimum Gasteiger partial charge on any atom is -0.383 e. The van der Waals surface area contributed by atoms with Crippen LogP contribution in [0.2, 0.25) is 0 Å². The van der Waals surface area contributed by atoms with Crippen LogP contribution in [0.1, 0.15) is 16.9 Å². The van der Waals surface area contributed by atoms with Gasteiger partial charge in [-0.3, -0.25) is 9.48 Å². The van der Waals surface area contributed by atoms with Crippen LogP contribution in [0, 0.1) is 5.92 Å². The standard InChI is InChI=1S/C11H16BrN3O2/c1-17-5-4-15-10(9(12)7-14-15)11(16)8-2-3-13-6-8/h7-8,13H,2-6H2,1H3. The molecule has 1 N–H and O–H groups in total. The fourth-order valence-corrected chi connectivity index (χ4v) is 2.52. The van der Waals surface area contributed by atoms with Crippen LogP contribution >= 0.6 is 15.9 Å². The molecule has 1 aliphatic heterocycles. The third-order valence-corrected chi connectivity index (χ3v) is 3.55. The van der Waals surface area contributed by atoms with Crippen LogP contribution in [0.25, 0.3) is 0 Å². The number of ketones is 1. The molecule has 1 saturated heterocycles. The van der Waals surface area contributed by atoms with Crippen molar-refractivity contribution < 1.29 is 9.53 Å². The summed E-state index contributed by atoms with van der Waals surface area (Å²) in [7, 11) is 1.64. The molecule has 0 amide bonds. The molecule has 0 saturated carbocycles. The first-order valence-electron chi connectivity index (χ1n) is 5.69. The predicted molar refractivity (Wildman–Crippen MR) is 67.1 cm³/mol. The summed E-state index contributed by atoms with van der Waals surface area (Å²) in [6.07, 6.45) is 2.58. The average Bonchev–Trinajstić information content (AvgIpc) is 2.95. The van der Waals surface area contributed by atoms with Crippen LogP contribution in [0.15, 0.2) is 10.7 Å². The lowest BCUT2D eigenvalue weighted by Gasteiger charge is -2.10. The van der Waals surface area contributed by atoms with Gasteiger partial charge in [-0.15, -0.1) is 0 Å². The summed E-state index contributed by atoms with van der Waals surface area (Å²) in [6, 6.07) is 0. The molecule has 0 aromatic carbocycles. The van der Waals surface area contributed by atoms with Crippen LogP contribution in [0.4, 0.5) is 0 Å². The first kappa shape index (κ1) is 12.7. The van der Waals surface area contributed by atoms with Gasteiger partial charge >= 0.3 is 0 Å². The highest BCUT2D eigenvalue weighted by Gasteiger charge is 2.28. The molecule has 6 heteroatoms. The Hall–Kier alpha value is -0.720. The van der Waals surface area contributed by atoms with Gasteiger partial charge in [0.25, 0.3) is 0 Å². The number of hydrogen-bond acceptors (Lipinski definition) is 4. The molecule has 17 heavy (non-hydrogen) atoms. The van der Waals surface area contributed by atoms with Gasteiger partial charge in [0.05, 0.1) is 23.8 Å². The van der Waals surface area contributed by atoms with Crippen LogP contribution in [-0.2, 0) is 11.3 Å². The number of carbonyl (C=O) groups is 1. The van der Waals surface area contributed by atoms with E-state index in [4.69, 9.17) is 4.74 Å². The van der Waals surface area contributed by atoms with E-state index < -0.39 is 0 Å². The summed E-state index contributed by atoms with van der Waals surface area (Å²) < 4.78 is 7.50. The zero-order valence-corrected chi connectivity index (χ0v) is 11.4. The SMILES string of the molecule is COCCn1ncc(Br)c1C(=O)C1CCNC1. The molecule has 94 valence electrons. The Labute approximate surface area is 109 Å². The van der Waals surface area contributed by atoms with Crippen molar-refractivity contribution >= 4 is 21.7 Å². The largest absolute Gasteiger partial charge is 0.383 e. The number of rotatable bonds is 5. The number of nitrogens with one attached hydrogen (secondary N) is 1. The molecule has 1 aliphatic rings. The van der Waals surface area contributed by atoms with Crippen molar-refractivity contribution in [1.82, 2.24) is 15.1 Å². The number of Topliss-reactive ketones (excluding diaryl/α,β-unsaturated/α-hetero) is 1. The highest BCUT2D eigenvalue weighted by atomic mass is 79.9. The number of nitrogens with zero attached hydrogens (tertiary/aromatic N) is 2. The fraction of sp³-hybridized carbons (Fsp3) is 0.636. The van der Waals surface area contributed by atoms with Crippen molar-refractivity contribution in [3.63, 3.8) is 0 Å². The second-order valence-electron chi connectivity index (χ2n) is 4.11. The van der Waals surface area contributed by atoms with E-state index in [1.165, 1.54) is 0 Å². The molecule has 0 spiro atoms. The molecule has 0 aliphatic carbocycles. The van der Waals surface area contributed by atoms with Crippen LogP contribution in [0.5, 0.6) is 0 Å². The number of halogens is 1. The summed E-state index contributed by atoms with van der Waals surface area (Å²) in [5.74, 6) is 0.236. The third-order valence-electron chi connectivity index (χ3n) is 2.97. The molecular weight excluding hydrogens is 286 g/mol. The van der Waals surface area contributed by atoms with Gasteiger partial charge in [0, 0.05) is 19.6 Å². The maximum Gasteiger partial charge on any atom is 0.186 e. The molecule has 1 atom stereocenters. The van der Waals surface area contributed by atoms with Crippen molar-refractivity contribution in [3.05, 3.63) is 16.4 Å². The smallest absolute Gasteiger partial charge is 0.186 e. The van der Waals surface area contributed by atoms with Gasteiger partial charge in [-0.2, -0.15) is 5.10 Å². The number of ether oxygens (including phenoxy) is 1. The third kappa shape index (κ3) is 2.75. The molecule has 1 aromatic rings. The Balaban J connectivity index is 2.17. The fourth-order valence-electron chi connectivity index (χ4n) is 2.03. The van der Waals surface area contributed by atoms with E-state index in [2.05, 4.69) is 26.3 Å². The summed E-state index contributed by atoms with van der Waals surface area (Å²) in [5.41, 5.74) is 0.663. The van der Waals surface area contributed by atoms with Crippen LogP contribution in [0.3, 0.4) is 0 Å². The minimum absolute atomic E-state index is 0.0734. The van der Waals surface area contributed by atoms with E-state index in [1.807, 2.05) is 0 Å². The number of methoxy groups -OCH3 is 1. The maximum absolute atomic E-state index is 12.3. The van der Waals surface area contributed by atoms with Gasteiger partial charge in [0.2, 0.25) is 0 Å². The van der Waals surface area contributed by atoms with Crippen molar-refractivity contribution in [2.75, 3.05) is 26.8 Å². The zero-order valence-electron chi connectivity index (χ0n) is 9.78. The maximum atomic E-state index is 12.3. The van der Waals surface area contributed by atoms with Crippen molar-refractivity contribution in [2.24, 2.45) is 5.92 Å². The first-order valence-corrected chi connectivity index (χ1v) is 6.48. The average molecular weight is 302 g/mol. The van der Waals surface area contributed by atoms with Crippen molar-refractivity contribution in [3.8, 4) is 0 Å². The Bertz CT molecular complexity index is 399. The molecule has 2 rings (SSSR count). The van der Waals surface area contributed by atoms with Gasteiger partial charge in [-0.1, -0.05) is 0 Å². The van der Waals surface area contributed by atoms with E-state index >= 15 is 0 Å². The normalized spacial score (nSPS) is 19.8. The van der Waals surface area contributed by atoms with Gasteiger partial charge in [0.1, 0.15) is 5.69 Å². The van der Waals surface area contributed by atoms with E-state index in [0.29, 0.717) is 18.8 Å². The minimum atomic E-state index is 0.0734. The lowest BCUT2D eigenvalue weighted by molar-refractivity contribution is 0.0915. The van der Waals surface area contributed by atoms with E-state index in [-0.39, 0.29) is 11.7 Å². The van der Waals surface area contributed by atoms with Gasteiger partial charge in [-0.25, -0.2) is 0 Å². The summed E-state index contributed by atoms with van der Waals surface area (Å²) >= 11 is 3.39. The van der Waals surface area contributed by atoms with E-state index in [9.17, 15) is 4.79 Å². The molecule has 1 unspecified atom stereocenters. The highest BCUT2D eigenvalue weighted by Crippen LogP contribution is 2.22. The molecule has 1 fully saturated rings.